The van der Waals surface area contributed by atoms with E-state index < -0.39 is 12.0 Å². The van der Waals surface area contributed by atoms with Gasteiger partial charge in [-0.2, -0.15) is 10.1 Å². The molecule has 3 aromatic rings. The monoisotopic (exact) mass is 512 g/mol. The Kier molecular flexibility index (Phi) is 6.98. The highest BCUT2D eigenvalue weighted by Gasteiger charge is 2.35. The number of allylic oxidation sites excluding steroid dienone is 1. The number of ether oxygens (including phenoxy) is 3. The fourth-order valence-corrected chi connectivity index (χ4v) is 4.33. The van der Waals surface area contributed by atoms with Crippen LogP contribution in [0, 0.1) is 0 Å². The molecule has 0 amide bonds. The van der Waals surface area contributed by atoms with Crippen LogP contribution in [0.3, 0.4) is 0 Å². The van der Waals surface area contributed by atoms with Crippen LogP contribution in [-0.2, 0) is 16.1 Å². The second-order valence-corrected chi connectivity index (χ2v) is 8.21. The van der Waals surface area contributed by atoms with Crippen molar-refractivity contribution in [2.45, 2.75) is 33.4 Å². The van der Waals surface area contributed by atoms with E-state index in [4.69, 9.17) is 14.2 Å². The Morgan fingerprint density at radius 2 is 1.94 bits per heavy atom. The minimum Gasteiger partial charge on any atom is -0.490 e. The first-order chi connectivity index (χ1) is 16.0. The second kappa shape index (κ2) is 10.1. The molecule has 0 aliphatic carbocycles. The third-order valence-corrected chi connectivity index (χ3v) is 5.75. The topological polar surface area (TPSA) is 87.5 Å². The first kappa shape index (κ1) is 22.8. The lowest BCUT2D eigenvalue weighted by molar-refractivity contribution is -0.139. The number of nitrogens with zero attached hydrogens (tertiary/aromatic N) is 3. The van der Waals surface area contributed by atoms with Gasteiger partial charge in [-0.15, -0.1) is 0 Å². The van der Waals surface area contributed by atoms with E-state index >= 15 is 0 Å². The summed E-state index contributed by atoms with van der Waals surface area (Å²) < 4.78 is 19.8. The summed E-state index contributed by atoms with van der Waals surface area (Å²) in [5, 5.41) is 7.49. The molecular weight excluding hydrogens is 488 g/mol. The van der Waals surface area contributed by atoms with Gasteiger partial charge in [-0.25, -0.2) is 9.48 Å². The van der Waals surface area contributed by atoms with Gasteiger partial charge in [0.25, 0.3) is 0 Å². The summed E-state index contributed by atoms with van der Waals surface area (Å²) >= 11 is 3.64. The molecule has 2 aromatic carbocycles. The van der Waals surface area contributed by atoms with Crippen molar-refractivity contribution in [3.63, 3.8) is 0 Å². The van der Waals surface area contributed by atoms with Gasteiger partial charge >= 0.3 is 5.97 Å². The number of hydrogen-bond acceptors (Lipinski definition) is 7. The summed E-state index contributed by atoms with van der Waals surface area (Å²) in [6, 6.07) is 13.2. The Labute approximate surface area is 200 Å². The fraction of sp³-hybridized carbons (Fsp3) is 0.292. The molecule has 33 heavy (non-hydrogen) atoms. The zero-order valence-electron chi connectivity index (χ0n) is 18.7. The number of carbonyl (C=O) groups is 1. The van der Waals surface area contributed by atoms with Crippen molar-refractivity contribution in [1.29, 1.82) is 0 Å². The van der Waals surface area contributed by atoms with Gasteiger partial charge in [0.2, 0.25) is 5.95 Å². The Morgan fingerprint density at radius 1 is 1.15 bits per heavy atom. The predicted molar refractivity (Wildman–Crippen MR) is 127 cm³/mol. The number of hydrogen-bond donors (Lipinski definition) is 1. The zero-order valence-corrected chi connectivity index (χ0v) is 20.3. The van der Waals surface area contributed by atoms with E-state index in [0.29, 0.717) is 46.4 Å². The highest BCUT2D eigenvalue weighted by molar-refractivity contribution is 9.10. The van der Waals surface area contributed by atoms with Crippen molar-refractivity contribution in [2.75, 3.05) is 18.5 Å². The highest BCUT2D eigenvalue weighted by atomic mass is 79.9. The van der Waals surface area contributed by atoms with Gasteiger partial charge in [0.1, 0.15) is 19.0 Å². The molecule has 0 bridgehead atoms. The number of anilines is 1. The lowest BCUT2D eigenvalue weighted by Gasteiger charge is -2.29. The average molecular weight is 513 g/mol. The summed E-state index contributed by atoms with van der Waals surface area (Å²) in [6.45, 7) is 6.64. The fourth-order valence-electron chi connectivity index (χ4n) is 3.75. The van der Waals surface area contributed by atoms with Crippen LogP contribution in [0.4, 0.5) is 5.95 Å². The van der Waals surface area contributed by atoms with E-state index in [1.54, 1.807) is 11.6 Å². The molecule has 1 unspecified atom stereocenters. The van der Waals surface area contributed by atoms with Crippen molar-refractivity contribution in [3.05, 3.63) is 75.7 Å². The molecule has 1 atom stereocenters. The molecular formula is C24H25BrN4O4. The molecule has 0 spiro atoms. The molecule has 0 saturated heterocycles. The number of halogens is 1. The summed E-state index contributed by atoms with van der Waals surface area (Å²) in [6.07, 6.45) is 1.45. The van der Waals surface area contributed by atoms with E-state index in [1.165, 1.54) is 6.33 Å². The van der Waals surface area contributed by atoms with Crippen molar-refractivity contribution in [3.8, 4) is 11.5 Å². The maximum Gasteiger partial charge on any atom is 0.338 e. The Morgan fingerprint density at radius 3 is 2.67 bits per heavy atom. The van der Waals surface area contributed by atoms with E-state index in [2.05, 4.69) is 31.3 Å². The van der Waals surface area contributed by atoms with Crippen molar-refractivity contribution in [1.82, 2.24) is 14.8 Å². The van der Waals surface area contributed by atoms with Crippen LogP contribution in [0.1, 0.15) is 37.9 Å². The molecule has 2 heterocycles. The Balaban J connectivity index is 1.76. The summed E-state index contributed by atoms with van der Waals surface area (Å²) in [5.41, 5.74) is 2.96. The maximum atomic E-state index is 12.9. The van der Waals surface area contributed by atoms with Gasteiger partial charge in [-0.05, 0) is 60.0 Å². The summed E-state index contributed by atoms with van der Waals surface area (Å²) in [7, 11) is 0. The molecule has 1 aliphatic heterocycles. The van der Waals surface area contributed by atoms with Crippen LogP contribution < -0.4 is 14.8 Å². The molecule has 0 radical (unpaired) electrons. The van der Waals surface area contributed by atoms with E-state index in [-0.39, 0.29) is 6.61 Å². The molecule has 1 N–H and O–H groups in total. The quantitative estimate of drug-likeness (QED) is 0.430. The highest BCUT2D eigenvalue weighted by Crippen LogP contribution is 2.43. The van der Waals surface area contributed by atoms with Crippen molar-refractivity contribution < 1.29 is 19.0 Å². The summed E-state index contributed by atoms with van der Waals surface area (Å²) in [4.78, 5) is 17.2. The number of aromatic nitrogens is 3. The normalized spacial score (nSPS) is 15.0. The lowest BCUT2D eigenvalue weighted by Crippen LogP contribution is -2.29. The van der Waals surface area contributed by atoms with Crippen LogP contribution in [0.25, 0.3) is 0 Å². The number of nitrogens with one attached hydrogen (secondary N) is 1. The molecule has 1 aliphatic rings. The number of esters is 1. The van der Waals surface area contributed by atoms with Gasteiger partial charge in [-0.1, -0.05) is 30.3 Å². The molecule has 0 fully saturated rings. The standard InChI is InChI=1S/C24H25BrN4O4/c1-4-31-19-12-17(11-18(25)22(19)33-13-16-9-7-6-8-10-16)21-20(23(30)32-5-2)15(3)28-24-26-14-27-29(21)24/h6-12,14,21H,4-5,13H2,1-3H3,(H,26,27,28). The van der Waals surface area contributed by atoms with E-state index in [9.17, 15) is 4.79 Å². The number of benzene rings is 2. The first-order valence-electron chi connectivity index (χ1n) is 10.7. The van der Waals surface area contributed by atoms with E-state index in [0.717, 1.165) is 11.1 Å². The van der Waals surface area contributed by atoms with Gasteiger partial charge < -0.3 is 19.5 Å². The van der Waals surface area contributed by atoms with Crippen LogP contribution in [0.2, 0.25) is 0 Å². The van der Waals surface area contributed by atoms with Crippen LogP contribution in [0.5, 0.6) is 11.5 Å². The average Bonchev–Trinajstić information content (AvgIpc) is 3.26. The maximum absolute atomic E-state index is 12.9. The number of carbonyl (C=O) groups excluding carboxylic acids is 1. The van der Waals surface area contributed by atoms with Gasteiger partial charge in [-0.3, -0.25) is 0 Å². The molecule has 1 aromatic heterocycles. The Hall–Kier alpha value is -3.33. The second-order valence-electron chi connectivity index (χ2n) is 7.35. The van der Waals surface area contributed by atoms with Crippen LogP contribution >= 0.6 is 15.9 Å². The first-order valence-corrected chi connectivity index (χ1v) is 11.5. The number of rotatable bonds is 8. The molecule has 8 nitrogen and oxygen atoms in total. The van der Waals surface area contributed by atoms with Crippen LogP contribution in [0.15, 0.2) is 64.5 Å². The smallest absolute Gasteiger partial charge is 0.338 e. The molecule has 4 rings (SSSR count). The SMILES string of the molecule is CCOC(=O)C1=C(C)Nc2ncnn2C1c1cc(Br)c(OCc2ccccc2)c(OCC)c1. The third-order valence-electron chi connectivity index (χ3n) is 5.16. The van der Waals surface area contributed by atoms with Crippen molar-refractivity contribution in [2.24, 2.45) is 0 Å². The minimum atomic E-state index is -0.540. The minimum absolute atomic E-state index is 0.271. The van der Waals surface area contributed by atoms with Gasteiger partial charge in [0.05, 0.1) is 23.3 Å². The molecule has 172 valence electrons. The third kappa shape index (κ3) is 4.73. The zero-order chi connectivity index (χ0) is 23.4. The van der Waals surface area contributed by atoms with Gasteiger partial charge in [0.15, 0.2) is 11.5 Å². The van der Waals surface area contributed by atoms with Crippen LogP contribution in [-0.4, -0.2) is 33.9 Å². The molecule has 0 saturated carbocycles. The van der Waals surface area contributed by atoms with E-state index in [1.807, 2.05) is 56.3 Å². The number of fused-ring (bicyclic) bond motifs is 1. The Bertz CT molecular complexity index is 1180. The lowest BCUT2D eigenvalue weighted by atomic mass is 9.95. The molecule has 9 heteroatoms. The summed E-state index contributed by atoms with van der Waals surface area (Å²) in [5.74, 6) is 1.30. The van der Waals surface area contributed by atoms with Gasteiger partial charge in [0, 0.05) is 5.70 Å². The van der Waals surface area contributed by atoms with Crippen molar-refractivity contribution >= 4 is 27.8 Å². The largest absolute Gasteiger partial charge is 0.490 e. The predicted octanol–water partition coefficient (Wildman–Crippen LogP) is 4.87.